The van der Waals surface area contributed by atoms with Crippen molar-refractivity contribution < 1.29 is 14.3 Å². The van der Waals surface area contributed by atoms with Crippen LogP contribution in [0.4, 0.5) is 5.69 Å². The van der Waals surface area contributed by atoms with Crippen molar-refractivity contribution in [1.82, 2.24) is 10.2 Å². The molecule has 6 heteroatoms. The number of nitrogens with zero attached hydrogens (tertiary/aromatic N) is 2. The van der Waals surface area contributed by atoms with E-state index in [0.29, 0.717) is 13.1 Å². The van der Waals surface area contributed by atoms with Crippen LogP contribution in [-0.2, 0) is 11.3 Å². The largest absolute Gasteiger partial charge is 0.497 e. The second-order valence-electron chi connectivity index (χ2n) is 7.57. The van der Waals surface area contributed by atoms with Crippen molar-refractivity contribution in [2.45, 2.75) is 25.4 Å². The summed E-state index contributed by atoms with van der Waals surface area (Å²) in [5, 5.41) is 3.05. The van der Waals surface area contributed by atoms with Gasteiger partial charge in [-0.3, -0.25) is 9.69 Å². The van der Waals surface area contributed by atoms with Gasteiger partial charge >= 0.3 is 0 Å². The number of nitrogens with one attached hydrogen (secondary N) is 1. The molecule has 0 bridgehead atoms. The number of benzene rings is 2. The van der Waals surface area contributed by atoms with Gasteiger partial charge in [0, 0.05) is 44.0 Å². The zero-order valence-corrected chi connectivity index (χ0v) is 17.8. The molecule has 1 aliphatic rings. The first-order valence-corrected chi connectivity index (χ1v) is 10.0. The molecule has 1 N–H and O–H groups in total. The average Bonchev–Trinajstić information content (AvgIpc) is 3.19. The van der Waals surface area contributed by atoms with Crippen LogP contribution in [0.1, 0.15) is 30.0 Å². The molecule has 2 aromatic rings. The van der Waals surface area contributed by atoms with Crippen LogP contribution in [0.3, 0.4) is 0 Å². The number of carbonyl (C=O) groups excluding carboxylic acids is 1. The van der Waals surface area contributed by atoms with Crippen molar-refractivity contribution in [2.24, 2.45) is 0 Å². The number of likely N-dealkylation sites (tertiary alicyclic amines) is 1. The lowest BCUT2D eigenvalue weighted by Gasteiger charge is -2.26. The van der Waals surface area contributed by atoms with Gasteiger partial charge in [-0.15, -0.1) is 0 Å². The fourth-order valence-electron chi connectivity index (χ4n) is 3.81. The molecule has 3 rings (SSSR count). The molecular formula is C23H31N3O3. The van der Waals surface area contributed by atoms with Crippen molar-refractivity contribution in [2.75, 3.05) is 46.3 Å². The van der Waals surface area contributed by atoms with E-state index in [4.69, 9.17) is 9.47 Å². The fraction of sp³-hybridized carbons (Fsp3) is 0.435. The van der Waals surface area contributed by atoms with E-state index in [9.17, 15) is 4.79 Å². The molecule has 1 fully saturated rings. The number of methoxy groups -OCH3 is 2. The Bertz CT molecular complexity index is 821. The van der Waals surface area contributed by atoms with Crippen LogP contribution in [0.5, 0.6) is 11.5 Å². The topological polar surface area (TPSA) is 54.0 Å². The minimum absolute atomic E-state index is 0.0427. The lowest BCUT2D eigenvalue weighted by molar-refractivity contribution is -0.122. The van der Waals surface area contributed by atoms with Crippen LogP contribution in [0.15, 0.2) is 42.5 Å². The predicted octanol–water partition coefficient (Wildman–Crippen LogP) is 3.22. The molecule has 2 aromatic carbocycles. The first-order chi connectivity index (χ1) is 14.0. The van der Waals surface area contributed by atoms with Crippen molar-refractivity contribution >= 4 is 11.6 Å². The molecule has 1 saturated heterocycles. The minimum Gasteiger partial charge on any atom is -0.497 e. The molecule has 1 heterocycles. The van der Waals surface area contributed by atoms with Gasteiger partial charge in [0.25, 0.3) is 0 Å². The van der Waals surface area contributed by atoms with E-state index in [-0.39, 0.29) is 11.9 Å². The van der Waals surface area contributed by atoms with Gasteiger partial charge in [0.1, 0.15) is 11.5 Å². The molecule has 156 valence electrons. The average molecular weight is 398 g/mol. The van der Waals surface area contributed by atoms with Crippen LogP contribution < -0.4 is 19.7 Å². The van der Waals surface area contributed by atoms with Gasteiger partial charge in [-0.1, -0.05) is 18.2 Å². The van der Waals surface area contributed by atoms with Gasteiger partial charge < -0.3 is 19.7 Å². The van der Waals surface area contributed by atoms with Crippen LogP contribution in [0.2, 0.25) is 0 Å². The highest BCUT2D eigenvalue weighted by Gasteiger charge is 2.29. The summed E-state index contributed by atoms with van der Waals surface area (Å²) >= 11 is 0. The van der Waals surface area contributed by atoms with Crippen LogP contribution in [0, 0.1) is 0 Å². The second kappa shape index (κ2) is 9.65. The molecule has 0 aromatic heterocycles. The van der Waals surface area contributed by atoms with E-state index < -0.39 is 0 Å². The summed E-state index contributed by atoms with van der Waals surface area (Å²) < 4.78 is 10.9. The molecule has 0 aliphatic carbocycles. The number of anilines is 1. The quantitative estimate of drug-likeness (QED) is 0.741. The Morgan fingerprint density at radius 3 is 2.55 bits per heavy atom. The number of hydrogen-bond donors (Lipinski definition) is 1. The Balaban J connectivity index is 1.59. The lowest BCUT2D eigenvalue weighted by atomic mass is 10.0. The normalized spacial score (nSPS) is 16.5. The number of carbonyl (C=O) groups is 1. The third-order valence-electron chi connectivity index (χ3n) is 5.45. The predicted molar refractivity (Wildman–Crippen MR) is 116 cm³/mol. The van der Waals surface area contributed by atoms with Crippen LogP contribution >= 0.6 is 0 Å². The molecule has 0 unspecified atom stereocenters. The van der Waals surface area contributed by atoms with Crippen molar-refractivity contribution in [3.05, 3.63) is 53.6 Å². The third kappa shape index (κ3) is 5.21. The summed E-state index contributed by atoms with van der Waals surface area (Å²) in [5.74, 6) is 1.62. The van der Waals surface area contributed by atoms with E-state index in [0.717, 1.165) is 47.7 Å². The molecule has 1 aliphatic heterocycles. The lowest BCUT2D eigenvalue weighted by Crippen LogP contribution is -2.36. The van der Waals surface area contributed by atoms with Crippen LogP contribution in [-0.4, -0.2) is 52.2 Å². The van der Waals surface area contributed by atoms with Crippen molar-refractivity contribution in [3.63, 3.8) is 0 Å². The first kappa shape index (κ1) is 21.0. The number of ether oxygens (including phenoxy) is 2. The third-order valence-corrected chi connectivity index (χ3v) is 5.45. The molecule has 6 nitrogen and oxygen atoms in total. The van der Waals surface area contributed by atoms with Crippen LogP contribution in [0.25, 0.3) is 0 Å². The monoisotopic (exact) mass is 397 g/mol. The molecule has 29 heavy (non-hydrogen) atoms. The highest BCUT2D eigenvalue weighted by Crippen LogP contribution is 2.38. The zero-order valence-electron chi connectivity index (χ0n) is 17.8. The fourth-order valence-corrected chi connectivity index (χ4v) is 3.81. The smallest absolute Gasteiger partial charge is 0.234 e. The van der Waals surface area contributed by atoms with Crippen molar-refractivity contribution in [3.8, 4) is 11.5 Å². The zero-order chi connectivity index (χ0) is 20.8. The van der Waals surface area contributed by atoms with Gasteiger partial charge in [0.2, 0.25) is 5.91 Å². The summed E-state index contributed by atoms with van der Waals surface area (Å²) in [5.41, 5.74) is 3.35. The summed E-state index contributed by atoms with van der Waals surface area (Å²) in [6.45, 7) is 1.83. The Kier molecular flexibility index (Phi) is 6.99. The Labute approximate surface area is 173 Å². The highest BCUT2D eigenvalue weighted by atomic mass is 16.5. The summed E-state index contributed by atoms with van der Waals surface area (Å²) in [7, 11) is 7.35. The van der Waals surface area contributed by atoms with Gasteiger partial charge in [-0.25, -0.2) is 0 Å². The van der Waals surface area contributed by atoms with E-state index in [1.807, 2.05) is 32.3 Å². The molecule has 0 saturated carbocycles. The summed E-state index contributed by atoms with van der Waals surface area (Å²) in [6, 6.07) is 14.3. The molecular weight excluding hydrogens is 366 g/mol. The highest BCUT2D eigenvalue weighted by molar-refractivity contribution is 5.78. The van der Waals surface area contributed by atoms with Gasteiger partial charge in [0.05, 0.1) is 20.8 Å². The summed E-state index contributed by atoms with van der Waals surface area (Å²) in [6.07, 6.45) is 2.08. The maximum absolute atomic E-state index is 12.6. The van der Waals surface area contributed by atoms with E-state index in [1.165, 1.54) is 0 Å². The minimum atomic E-state index is 0.0427. The second-order valence-corrected chi connectivity index (χ2v) is 7.57. The SMILES string of the molecule is COc1ccc([C@H]2CCCN2CC(=O)NCc2ccc(N(C)C)cc2)c(OC)c1. The molecule has 1 amide bonds. The molecule has 0 radical (unpaired) electrons. The maximum Gasteiger partial charge on any atom is 0.234 e. The Morgan fingerprint density at radius 1 is 1.14 bits per heavy atom. The van der Waals surface area contributed by atoms with Crippen molar-refractivity contribution in [1.29, 1.82) is 0 Å². The summed E-state index contributed by atoms with van der Waals surface area (Å²) in [4.78, 5) is 16.9. The van der Waals surface area contributed by atoms with Gasteiger partial charge in [-0.2, -0.15) is 0 Å². The first-order valence-electron chi connectivity index (χ1n) is 10.0. The van der Waals surface area contributed by atoms with E-state index in [2.05, 4.69) is 39.4 Å². The molecule has 1 atom stereocenters. The van der Waals surface area contributed by atoms with E-state index >= 15 is 0 Å². The number of hydrogen-bond acceptors (Lipinski definition) is 5. The van der Waals surface area contributed by atoms with Gasteiger partial charge in [-0.05, 0) is 43.1 Å². The molecule has 0 spiro atoms. The number of rotatable bonds is 8. The standard InChI is InChI=1S/C23H31N3O3/c1-25(2)18-9-7-17(8-10-18)15-24-23(27)16-26-13-5-6-21(26)20-12-11-19(28-3)14-22(20)29-4/h7-12,14,21H,5-6,13,15-16H2,1-4H3,(H,24,27)/t21-/m1/s1. The number of amides is 1. The van der Waals surface area contributed by atoms with E-state index in [1.54, 1.807) is 14.2 Å². The maximum atomic E-state index is 12.6. The Morgan fingerprint density at radius 2 is 1.90 bits per heavy atom. The Hall–Kier alpha value is -2.73. The van der Waals surface area contributed by atoms with Gasteiger partial charge in [0.15, 0.2) is 0 Å².